The number of para-hydroxylation sites is 4. The van der Waals surface area contributed by atoms with E-state index in [0.717, 1.165) is 11.1 Å². The van der Waals surface area contributed by atoms with Gasteiger partial charge in [0.2, 0.25) is 0 Å². The molecule has 0 spiro atoms. The summed E-state index contributed by atoms with van der Waals surface area (Å²) in [6.45, 7) is 15.0. The van der Waals surface area contributed by atoms with Crippen molar-refractivity contribution in [2.75, 3.05) is 32.9 Å². The maximum Gasteiger partial charge on any atom is 0.170 e. The number of anilines is 6. The zero-order chi connectivity index (χ0) is 35.1. The van der Waals surface area contributed by atoms with Gasteiger partial charge in [-0.25, -0.2) is 0 Å². The number of nitrogens with zero attached hydrogens (tertiary/aromatic N) is 6. The molecule has 0 saturated heterocycles. The van der Waals surface area contributed by atoms with Crippen molar-refractivity contribution >= 4 is 34.1 Å². The van der Waals surface area contributed by atoms with Crippen molar-refractivity contribution in [2.24, 2.45) is 0 Å². The molecular weight excluding hydrogens is 625 g/mol. The molecule has 1 aliphatic carbocycles. The van der Waals surface area contributed by atoms with Gasteiger partial charge in [0.25, 0.3) is 0 Å². The number of aromatic nitrogens is 2. The van der Waals surface area contributed by atoms with Crippen LogP contribution in [0.2, 0.25) is 0 Å². The van der Waals surface area contributed by atoms with E-state index in [2.05, 4.69) is 180 Å². The number of benzene rings is 4. The molecule has 254 valence electrons. The summed E-state index contributed by atoms with van der Waals surface area (Å²) in [5.41, 5.74) is 13.8. The molecule has 2 aromatic heterocycles. The molecule has 2 aliphatic heterocycles. The Labute approximate surface area is 301 Å². The first-order chi connectivity index (χ1) is 24.6. The minimum absolute atomic E-state index is 0.0342. The zero-order valence-corrected chi connectivity index (χ0v) is 30.3. The normalized spacial score (nSPS) is 15.9. The summed E-state index contributed by atoms with van der Waals surface area (Å²) in [4.78, 5) is 19.6. The SMILES string of the molecule is CC(C)(C)c1cccc(N2CN(C3(N4CN(c5cccc(C(C)(C)C)c5)c5ccccc54)c4ccncc4-c4cnccc43)c3ccccc32)c1. The topological polar surface area (TPSA) is 38.7 Å². The number of fused-ring (bicyclic) bond motifs is 5. The van der Waals surface area contributed by atoms with E-state index >= 15 is 0 Å². The number of hydrogen-bond acceptors (Lipinski definition) is 6. The Morgan fingerprint density at radius 1 is 0.490 bits per heavy atom. The van der Waals surface area contributed by atoms with Gasteiger partial charge >= 0.3 is 0 Å². The minimum atomic E-state index is -0.713. The molecule has 51 heavy (non-hydrogen) atoms. The monoisotopic (exact) mass is 668 g/mol. The molecule has 4 aromatic carbocycles. The second-order valence-corrected chi connectivity index (χ2v) is 16.1. The highest BCUT2D eigenvalue weighted by molar-refractivity contribution is 5.93. The highest BCUT2D eigenvalue weighted by atomic mass is 15.5. The average Bonchev–Trinajstić information content (AvgIpc) is 3.81. The van der Waals surface area contributed by atoms with Crippen LogP contribution in [0.15, 0.2) is 134 Å². The third kappa shape index (κ3) is 4.69. The average molecular weight is 669 g/mol. The number of rotatable bonds is 4. The highest BCUT2D eigenvalue weighted by Gasteiger charge is 2.57. The van der Waals surface area contributed by atoms with E-state index in [1.807, 2.05) is 24.8 Å². The molecule has 0 fully saturated rings. The fraction of sp³-hybridized carbons (Fsp3) is 0.244. The summed E-state index contributed by atoms with van der Waals surface area (Å²) in [6, 6.07) is 40.4. The van der Waals surface area contributed by atoms with Crippen molar-refractivity contribution in [1.82, 2.24) is 9.97 Å². The third-order valence-corrected chi connectivity index (χ3v) is 11.0. The fourth-order valence-electron chi connectivity index (χ4n) is 8.40. The van der Waals surface area contributed by atoms with E-state index < -0.39 is 5.66 Å². The van der Waals surface area contributed by atoms with Gasteiger partial charge in [0, 0.05) is 58.4 Å². The van der Waals surface area contributed by atoms with Crippen molar-refractivity contribution < 1.29 is 0 Å². The Kier molecular flexibility index (Phi) is 6.88. The van der Waals surface area contributed by atoms with Gasteiger partial charge in [-0.2, -0.15) is 0 Å². The zero-order valence-electron chi connectivity index (χ0n) is 30.3. The van der Waals surface area contributed by atoms with E-state index in [9.17, 15) is 0 Å². The van der Waals surface area contributed by atoms with E-state index in [1.165, 1.54) is 56.4 Å². The van der Waals surface area contributed by atoms with Crippen molar-refractivity contribution in [3.63, 3.8) is 0 Å². The van der Waals surface area contributed by atoms with E-state index in [-0.39, 0.29) is 10.8 Å². The van der Waals surface area contributed by atoms with Crippen LogP contribution in [-0.2, 0) is 16.5 Å². The standard InChI is InChI=1S/C45H44N6/c1-43(2,3)31-13-11-15-33(25-31)48-29-50(41-19-9-7-17-39(41)48)45(37-21-23-46-27-35(37)36-28-47-24-22-38(36)45)51-30-49(40-18-8-10-20-42(40)51)34-16-12-14-32(26-34)44(4,5)6/h7-28H,29-30H2,1-6H3. The summed E-state index contributed by atoms with van der Waals surface area (Å²) in [7, 11) is 0. The Bertz CT molecular complexity index is 2130. The van der Waals surface area contributed by atoms with Gasteiger partial charge in [-0.15, -0.1) is 0 Å². The fourth-order valence-corrected chi connectivity index (χ4v) is 8.40. The molecule has 9 rings (SSSR count). The van der Waals surface area contributed by atoms with Gasteiger partial charge in [0.15, 0.2) is 5.66 Å². The van der Waals surface area contributed by atoms with Crippen molar-refractivity contribution in [2.45, 2.75) is 58.0 Å². The van der Waals surface area contributed by atoms with Crippen LogP contribution in [0.25, 0.3) is 11.1 Å². The van der Waals surface area contributed by atoms with Crippen LogP contribution in [0.1, 0.15) is 63.8 Å². The van der Waals surface area contributed by atoms with E-state index in [4.69, 9.17) is 0 Å². The van der Waals surface area contributed by atoms with Crippen molar-refractivity contribution in [1.29, 1.82) is 0 Å². The molecule has 0 atom stereocenters. The second-order valence-electron chi connectivity index (χ2n) is 16.1. The maximum absolute atomic E-state index is 4.67. The van der Waals surface area contributed by atoms with Gasteiger partial charge in [-0.3, -0.25) is 9.97 Å². The quantitative estimate of drug-likeness (QED) is 0.186. The summed E-state index contributed by atoms with van der Waals surface area (Å²) in [6.07, 6.45) is 7.95. The lowest BCUT2D eigenvalue weighted by Gasteiger charge is -2.49. The van der Waals surface area contributed by atoms with Gasteiger partial charge in [0.05, 0.1) is 36.1 Å². The molecule has 6 aromatic rings. The molecule has 0 amide bonds. The lowest BCUT2D eigenvalue weighted by atomic mass is 9.87. The van der Waals surface area contributed by atoms with E-state index in [1.54, 1.807) is 0 Å². The van der Waals surface area contributed by atoms with Crippen LogP contribution in [0.4, 0.5) is 34.1 Å². The highest BCUT2D eigenvalue weighted by Crippen LogP contribution is 2.60. The van der Waals surface area contributed by atoms with Gasteiger partial charge in [-0.1, -0.05) is 90.1 Å². The summed E-state index contributed by atoms with van der Waals surface area (Å²) in [5, 5.41) is 0. The first-order valence-electron chi connectivity index (χ1n) is 18.0. The summed E-state index contributed by atoms with van der Waals surface area (Å²) < 4.78 is 0. The van der Waals surface area contributed by atoms with Crippen LogP contribution in [0.5, 0.6) is 0 Å². The van der Waals surface area contributed by atoms with Crippen LogP contribution in [-0.4, -0.2) is 23.3 Å². The van der Waals surface area contributed by atoms with Crippen LogP contribution >= 0.6 is 0 Å². The summed E-state index contributed by atoms with van der Waals surface area (Å²) in [5.74, 6) is 0. The molecule has 0 unspecified atom stereocenters. The lowest BCUT2D eigenvalue weighted by Crippen LogP contribution is -2.59. The van der Waals surface area contributed by atoms with Crippen LogP contribution in [0.3, 0.4) is 0 Å². The smallest absolute Gasteiger partial charge is 0.170 e. The van der Waals surface area contributed by atoms with Crippen LogP contribution in [0, 0.1) is 0 Å². The molecular formula is C45H44N6. The molecule has 6 nitrogen and oxygen atoms in total. The second kappa shape index (κ2) is 11.2. The van der Waals surface area contributed by atoms with Gasteiger partial charge in [-0.05, 0) is 82.6 Å². The molecule has 0 saturated carbocycles. The Balaban J connectivity index is 1.28. The number of pyridine rings is 2. The van der Waals surface area contributed by atoms with Gasteiger partial charge < -0.3 is 19.6 Å². The van der Waals surface area contributed by atoms with Crippen molar-refractivity contribution in [3.8, 4) is 11.1 Å². The Hall–Kier alpha value is -5.62. The Morgan fingerprint density at radius 3 is 1.31 bits per heavy atom. The molecule has 6 heteroatoms. The predicted octanol–water partition coefficient (Wildman–Crippen LogP) is 10.5. The molecule has 0 radical (unpaired) electrons. The molecule has 0 bridgehead atoms. The molecule has 0 N–H and O–H groups in total. The largest absolute Gasteiger partial charge is 0.321 e. The van der Waals surface area contributed by atoms with Crippen molar-refractivity contribution in [3.05, 3.63) is 156 Å². The lowest BCUT2D eigenvalue weighted by molar-refractivity contribution is 0.471. The predicted molar refractivity (Wildman–Crippen MR) is 210 cm³/mol. The first-order valence-corrected chi connectivity index (χ1v) is 18.0. The molecule has 4 heterocycles. The van der Waals surface area contributed by atoms with Crippen LogP contribution < -0.4 is 19.6 Å². The van der Waals surface area contributed by atoms with Gasteiger partial charge in [0.1, 0.15) is 0 Å². The minimum Gasteiger partial charge on any atom is -0.321 e. The maximum atomic E-state index is 4.67. The molecule has 3 aliphatic rings. The third-order valence-electron chi connectivity index (χ3n) is 11.0. The Morgan fingerprint density at radius 2 is 0.902 bits per heavy atom. The van der Waals surface area contributed by atoms with E-state index in [0.29, 0.717) is 13.3 Å². The number of hydrogen-bond donors (Lipinski definition) is 0. The summed E-state index contributed by atoms with van der Waals surface area (Å²) >= 11 is 0. The first kappa shape index (κ1) is 31.4.